The molecule has 2 aromatic rings. The number of benzene rings is 1. The molecule has 0 amide bonds. The highest BCUT2D eigenvalue weighted by Crippen LogP contribution is 2.36. The maximum Gasteiger partial charge on any atom is 0.195 e. The fraction of sp³-hybridized carbons (Fsp3) is 0.533. The highest BCUT2D eigenvalue weighted by atomic mass is 28.3. The first-order chi connectivity index (χ1) is 8.66. The topological polar surface area (TPSA) is 26.0 Å². The van der Waals surface area contributed by atoms with Gasteiger partial charge in [0, 0.05) is 5.54 Å². The monoisotopic (exact) mass is 261 g/mol. The molecule has 0 spiro atoms. The van der Waals surface area contributed by atoms with Crippen LogP contribution in [0.25, 0.3) is 11.1 Å². The van der Waals surface area contributed by atoms with E-state index in [2.05, 4.69) is 27.7 Å². The number of hydrogen-bond donors (Lipinski definition) is 0. The van der Waals surface area contributed by atoms with Crippen LogP contribution < -0.4 is 0 Å². The fourth-order valence-corrected chi connectivity index (χ4v) is 6.99. The second kappa shape index (κ2) is 5.27. The third kappa shape index (κ3) is 2.12. The normalized spacial score (nSPS) is 14.0. The molecule has 98 valence electrons. The molecule has 1 heterocycles. The molecule has 1 aromatic carbocycles. The van der Waals surface area contributed by atoms with Crippen molar-refractivity contribution < 1.29 is 4.42 Å². The summed E-state index contributed by atoms with van der Waals surface area (Å²) in [6, 6.07) is 12.0. The summed E-state index contributed by atoms with van der Waals surface area (Å²) in [5.41, 5.74) is 2.42. The lowest BCUT2D eigenvalue weighted by atomic mass is 10.3. The number of hydrogen-bond acceptors (Lipinski definition) is 2. The van der Waals surface area contributed by atoms with E-state index in [1.54, 1.807) is 0 Å². The van der Waals surface area contributed by atoms with E-state index in [4.69, 9.17) is 9.40 Å². The van der Waals surface area contributed by atoms with E-state index < -0.39 is 8.07 Å². The number of oxazole rings is 1. The number of fused-ring (bicyclic) bond motifs is 1. The summed E-state index contributed by atoms with van der Waals surface area (Å²) in [5.74, 6) is 0.952. The van der Waals surface area contributed by atoms with Gasteiger partial charge in [0.05, 0.1) is 8.07 Å². The van der Waals surface area contributed by atoms with Crippen LogP contribution in [0.15, 0.2) is 28.7 Å². The lowest BCUT2D eigenvalue weighted by Crippen LogP contribution is -2.38. The minimum absolute atomic E-state index is 0.505. The van der Waals surface area contributed by atoms with E-state index in [0.717, 1.165) is 17.0 Å². The van der Waals surface area contributed by atoms with Crippen LogP contribution in [0.1, 0.15) is 39.1 Å². The minimum Gasteiger partial charge on any atom is -0.441 e. The zero-order chi connectivity index (χ0) is 13.2. The van der Waals surface area contributed by atoms with E-state index in [0.29, 0.717) is 5.54 Å². The molecule has 1 unspecified atom stereocenters. The van der Waals surface area contributed by atoms with Gasteiger partial charge in [-0.25, -0.2) is 4.98 Å². The molecule has 2 nitrogen and oxygen atoms in total. The van der Waals surface area contributed by atoms with Crippen molar-refractivity contribution in [1.82, 2.24) is 4.98 Å². The molecule has 0 radical (unpaired) electrons. The Morgan fingerprint density at radius 1 is 1.11 bits per heavy atom. The van der Waals surface area contributed by atoms with Crippen molar-refractivity contribution in [1.29, 1.82) is 0 Å². The highest BCUT2D eigenvalue weighted by Gasteiger charge is 2.37. The van der Waals surface area contributed by atoms with Gasteiger partial charge in [0.15, 0.2) is 11.5 Å². The van der Waals surface area contributed by atoms with Gasteiger partial charge in [-0.3, -0.25) is 0 Å². The molecular formula is C15H23NOSi. The van der Waals surface area contributed by atoms with Gasteiger partial charge in [0.1, 0.15) is 5.52 Å². The van der Waals surface area contributed by atoms with Crippen molar-refractivity contribution >= 4 is 19.2 Å². The van der Waals surface area contributed by atoms with Crippen LogP contribution in [0.5, 0.6) is 0 Å². The van der Waals surface area contributed by atoms with Crippen LogP contribution in [0.3, 0.4) is 0 Å². The van der Waals surface area contributed by atoms with Crippen molar-refractivity contribution in [2.75, 3.05) is 0 Å². The molecular weight excluding hydrogens is 238 g/mol. The van der Waals surface area contributed by atoms with Gasteiger partial charge >= 0.3 is 0 Å². The average molecular weight is 261 g/mol. The first-order valence-corrected chi connectivity index (χ1v) is 9.72. The molecule has 2 rings (SSSR count). The molecule has 0 bridgehead atoms. The predicted octanol–water partition coefficient (Wildman–Crippen LogP) is 4.98. The summed E-state index contributed by atoms with van der Waals surface area (Å²) in [6.45, 7) is 9.31. The fourth-order valence-electron chi connectivity index (χ4n) is 3.01. The Kier molecular flexibility index (Phi) is 3.90. The number of aromatic nitrogens is 1. The first kappa shape index (κ1) is 13.3. The van der Waals surface area contributed by atoms with Crippen molar-refractivity contribution in [2.45, 2.75) is 51.4 Å². The quantitative estimate of drug-likeness (QED) is 0.709. The maximum atomic E-state index is 5.96. The van der Waals surface area contributed by atoms with Crippen molar-refractivity contribution in [3.8, 4) is 0 Å². The third-order valence-electron chi connectivity index (χ3n) is 4.71. The van der Waals surface area contributed by atoms with Gasteiger partial charge < -0.3 is 4.42 Å². The van der Waals surface area contributed by atoms with Crippen LogP contribution in [0.4, 0.5) is 0 Å². The highest BCUT2D eigenvalue weighted by molar-refractivity contribution is 6.80. The number of para-hydroxylation sites is 2. The molecule has 3 heteroatoms. The Morgan fingerprint density at radius 3 is 2.28 bits per heavy atom. The largest absolute Gasteiger partial charge is 0.441 e. The Balaban J connectivity index is 2.40. The summed E-state index contributed by atoms with van der Waals surface area (Å²) in [5, 5.41) is 0. The molecule has 0 fully saturated rings. The van der Waals surface area contributed by atoms with Crippen molar-refractivity contribution in [3.63, 3.8) is 0 Å². The Morgan fingerprint density at radius 2 is 1.72 bits per heavy atom. The summed E-state index contributed by atoms with van der Waals surface area (Å²) < 4.78 is 5.96. The Bertz CT molecular complexity index is 475. The van der Waals surface area contributed by atoms with Gasteiger partial charge in [-0.1, -0.05) is 58.0 Å². The molecule has 0 aliphatic heterocycles. The summed E-state index contributed by atoms with van der Waals surface area (Å²) in [6.07, 6.45) is 0. The van der Waals surface area contributed by atoms with Crippen LogP contribution in [-0.4, -0.2) is 13.1 Å². The summed E-state index contributed by atoms with van der Waals surface area (Å²) in [4.78, 5) is 4.69. The van der Waals surface area contributed by atoms with E-state index >= 15 is 0 Å². The Labute approximate surface area is 110 Å². The predicted molar refractivity (Wildman–Crippen MR) is 79.6 cm³/mol. The molecule has 0 aliphatic rings. The van der Waals surface area contributed by atoms with Crippen LogP contribution >= 0.6 is 0 Å². The minimum atomic E-state index is -1.28. The van der Waals surface area contributed by atoms with E-state index in [1.807, 2.05) is 24.3 Å². The Hall–Kier alpha value is -1.09. The van der Waals surface area contributed by atoms with Gasteiger partial charge in [-0.2, -0.15) is 0 Å². The zero-order valence-corrected chi connectivity index (χ0v) is 12.9. The van der Waals surface area contributed by atoms with Crippen LogP contribution in [0.2, 0.25) is 18.1 Å². The second-order valence-corrected chi connectivity index (χ2v) is 10.9. The van der Waals surface area contributed by atoms with Crippen molar-refractivity contribution in [2.24, 2.45) is 0 Å². The van der Waals surface area contributed by atoms with Crippen LogP contribution in [0, 0.1) is 0 Å². The average Bonchev–Trinajstić information content (AvgIpc) is 2.85. The third-order valence-corrected chi connectivity index (χ3v) is 11.0. The standard InChI is InChI=1S/C15H23NOSi/c1-5-18(6-2,7-3)12(4)15-16-13-10-8-9-11-14(13)17-15/h8-12H,5-7H2,1-4H3. The summed E-state index contributed by atoms with van der Waals surface area (Å²) >= 11 is 0. The summed E-state index contributed by atoms with van der Waals surface area (Å²) in [7, 11) is -1.28. The van der Waals surface area contributed by atoms with Gasteiger partial charge in [-0.05, 0) is 12.1 Å². The number of nitrogens with zero attached hydrogens (tertiary/aromatic N) is 1. The molecule has 0 N–H and O–H groups in total. The molecule has 1 atom stereocenters. The lowest BCUT2D eigenvalue weighted by molar-refractivity contribution is 0.523. The molecule has 0 saturated carbocycles. The maximum absolute atomic E-state index is 5.96. The molecule has 1 aromatic heterocycles. The van der Waals surface area contributed by atoms with E-state index in [-0.39, 0.29) is 0 Å². The molecule has 18 heavy (non-hydrogen) atoms. The number of rotatable bonds is 5. The van der Waals surface area contributed by atoms with E-state index in [9.17, 15) is 0 Å². The van der Waals surface area contributed by atoms with Gasteiger partial charge in [-0.15, -0.1) is 0 Å². The molecule has 0 aliphatic carbocycles. The smallest absolute Gasteiger partial charge is 0.195 e. The zero-order valence-electron chi connectivity index (χ0n) is 11.9. The van der Waals surface area contributed by atoms with Crippen LogP contribution in [-0.2, 0) is 0 Å². The van der Waals surface area contributed by atoms with Crippen molar-refractivity contribution in [3.05, 3.63) is 30.2 Å². The SMILES string of the molecule is CC[Si](CC)(CC)C(C)c1nc2ccccc2o1. The second-order valence-electron chi connectivity index (χ2n) is 5.16. The molecule has 0 saturated heterocycles. The lowest BCUT2D eigenvalue weighted by Gasteiger charge is -2.32. The first-order valence-electron chi connectivity index (χ1n) is 7.02. The van der Waals surface area contributed by atoms with Gasteiger partial charge in [0.25, 0.3) is 0 Å². The van der Waals surface area contributed by atoms with Gasteiger partial charge in [0.2, 0.25) is 0 Å². The van der Waals surface area contributed by atoms with E-state index in [1.165, 1.54) is 18.1 Å².